The monoisotopic (exact) mass is 229 g/mol. The van der Waals surface area contributed by atoms with Crippen LogP contribution >= 0.6 is 12.4 Å². The largest absolute Gasteiger partial charge is 0.359 e. The fourth-order valence-electron chi connectivity index (χ4n) is 1.66. The fraction of sp³-hybridized carbons (Fsp3) is 0.500. The topological polar surface area (TPSA) is 48.1 Å². The van der Waals surface area contributed by atoms with E-state index in [4.69, 9.17) is 0 Å². The van der Waals surface area contributed by atoms with E-state index in [1.807, 2.05) is 12.1 Å². The number of carbonyl (C=O) groups excluding carboxylic acids is 1. The Morgan fingerprint density at radius 1 is 1.40 bits per heavy atom. The zero-order valence-corrected chi connectivity index (χ0v) is 9.35. The van der Waals surface area contributed by atoms with Gasteiger partial charge in [0.1, 0.15) is 0 Å². The first kappa shape index (κ1) is 12.2. The van der Waals surface area contributed by atoms with Crippen molar-refractivity contribution in [3.8, 4) is 0 Å². The van der Waals surface area contributed by atoms with E-state index in [1.165, 1.54) is 0 Å². The molecule has 1 aromatic heterocycles. The number of Topliss-reactive ketones (excluding diaryl/α,β-unsaturated/α-hetero) is 1. The first-order valence-electron chi connectivity index (χ1n) is 4.96. The van der Waals surface area contributed by atoms with E-state index in [0.29, 0.717) is 12.2 Å². The Hall–Kier alpha value is -0.840. The molecule has 0 amide bonds. The summed E-state index contributed by atoms with van der Waals surface area (Å²) in [6.45, 7) is 4.43. The Bertz CT molecular complexity index is 294. The lowest BCUT2D eigenvalue weighted by Gasteiger charge is -2.26. The molecule has 0 aliphatic carbocycles. The Kier molecular flexibility index (Phi) is 4.81. The van der Waals surface area contributed by atoms with Crippen LogP contribution in [0.5, 0.6) is 0 Å². The summed E-state index contributed by atoms with van der Waals surface area (Å²) in [4.78, 5) is 16.8. The van der Waals surface area contributed by atoms with Crippen molar-refractivity contribution in [3.63, 3.8) is 0 Å². The van der Waals surface area contributed by atoms with Gasteiger partial charge in [-0.3, -0.25) is 9.69 Å². The van der Waals surface area contributed by atoms with Crippen molar-refractivity contribution in [2.45, 2.75) is 0 Å². The molecule has 0 aromatic carbocycles. The average Bonchev–Trinajstić information content (AvgIpc) is 2.72. The summed E-state index contributed by atoms with van der Waals surface area (Å²) in [6.07, 6.45) is 1.78. The van der Waals surface area contributed by atoms with Gasteiger partial charge in [0.2, 0.25) is 0 Å². The zero-order valence-electron chi connectivity index (χ0n) is 8.53. The highest BCUT2D eigenvalue weighted by atomic mass is 35.5. The number of aromatic amines is 1. The molecule has 15 heavy (non-hydrogen) atoms. The molecule has 2 heterocycles. The second kappa shape index (κ2) is 5.90. The summed E-state index contributed by atoms with van der Waals surface area (Å²) in [5.74, 6) is 0.178. The van der Waals surface area contributed by atoms with Crippen LogP contribution in [0.3, 0.4) is 0 Å². The highest BCUT2D eigenvalue weighted by Crippen LogP contribution is 1.99. The summed E-state index contributed by atoms with van der Waals surface area (Å²) >= 11 is 0. The van der Waals surface area contributed by atoms with E-state index in [-0.39, 0.29) is 18.2 Å². The maximum absolute atomic E-state index is 11.7. The van der Waals surface area contributed by atoms with Crippen LogP contribution in [0.15, 0.2) is 18.3 Å². The van der Waals surface area contributed by atoms with Crippen LogP contribution in [0.1, 0.15) is 10.5 Å². The highest BCUT2D eigenvalue weighted by Gasteiger charge is 2.14. The van der Waals surface area contributed by atoms with E-state index in [0.717, 1.165) is 26.2 Å². The van der Waals surface area contributed by atoms with E-state index in [1.54, 1.807) is 6.20 Å². The molecule has 1 aliphatic rings. The summed E-state index contributed by atoms with van der Waals surface area (Å²) < 4.78 is 0. The summed E-state index contributed by atoms with van der Waals surface area (Å²) in [6, 6.07) is 3.68. The quantitative estimate of drug-likeness (QED) is 0.744. The lowest BCUT2D eigenvalue weighted by Crippen LogP contribution is -2.45. The molecule has 0 spiro atoms. The molecule has 4 nitrogen and oxygen atoms in total. The normalized spacial score (nSPS) is 17.1. The number of nitrogens with one attached hydrogen (secondary N) is 2. The van der Waals surface area contributed by atoms with Crippen molar-refractivity contribution in [2.24, 2.45) is 0 Å². The smallest absolute Gasteiger partial charge is 0.192 e. The van der Waals surface area contributed by atoms with Gasteiger partial charge in [-0.25, -0.2) is 0 Å². The number of nitrogens with zero attached hydrogens (tertiary/aromatic N) is 1. The zero-order chi connectivity index (χ0) is 9.80. The average molecular weight is 230 g/mol. The van der Waals surface area contributed by atoms with Crippen LogP contribution in [0.25, 0.3) is 0 Å². The van der Waals surface area contributed by atoms with Gasteiger partial charge in [0.25, 0.3) is 0 Å². The van der Waals surface area contributed by atoms with E-state index in [9.17, 15) is 4.79 Å². The molecule has 0 radical (unpaired) electrons. The number of H-pyrrole nitrogens is 1. The molecule has 2 rings (SSSR count). The van der Waals surface area contributed by atoms with Crippen molar-refractivity contribution >= 4 is 18.2 Å². The minimum absolute atomic E-state index is 0. The predicted molar refractivity (Wildman–Crippen MR) is 61.7 cm³/mol. The molecule has 84 valence electrons. The van der Waals surface area contributed by atoms with Crippen LogP contribution in [0, 0.1) is 0 Å². The van der Waals surface area contributed by atoms with Crippen molar-refractivity contribution in [3.05, 3.63) is 24.0 Å². The third-order valence-corrected chi connectivity index (χ3v) is 2.48. The van der Waals surface area contributed by atoms with Gasteiger partial charge in [0.05, 0.1) is 12.2 Å². The molecule has 0 saturated carbocycles. The number of piperazine rings is 1. The van der Waals surface area contributed by atoms with Crippen LogP contribution in [0.4, 0.5) is 0 Å². The Morgan fingerprint density at radius 2 is 2.13 bits per heavy atom. The second-order valence-corrected chi connectivity index (χ2v) is 3.53. The molecule has 5 heteroatoms. The molecule has 2 N–H and O–H groups in total. The maximum Gasteiger partial charge on any atom is 0.192 e. The van der Waals surface area contributed by atoms with Gasteiger partial charge in [0, 0.05) is 32.4 Å². The molecule has 0 unspecified atom stereocenters. The fourth-order valence-corrected chi connectivity index (χ4v) is 1.66. The number of rotatable bonds is 3. The maximum atomic E-state index is 11.7. The number of ketones is 1. The van der Waals surface area contributed by atoms with Gasteiger partial charge in [-0.15, -0.1) is 12.4 Å². The lowest BCUT2D eigenvalue weighted by molar-refractivity contribution is 0.0917. The number of halogens is 1. The molecule has 1 aliphatic heterocycles. The van der Waals surface area contributed by atoms with E-state index in [2.05, 4.69) is 15.2 Å². The van der Waals surface area contributed by atoms with Gasteiger partial charge in [-0.2, -0.15) is 0 Å². The summed E-state index contributed by atoms with van der Waals surface area (Å²) in [7, 11) is 0. The van der Waals surface area contributed by atoms with Gasteiger partial charge in [0.15, 0.2) is 5.78 Å². The number of aromatic nitrogens is 1. The van der Waals surface area contributed by atoms with Crippen LogP contribution in [0.2, 0.25) is 0 Å². The van der Waals surface area contributed by atoms with Gasteiger partial charge in [-0.05, 0) is 12.1 Å². The first-order valence-corrected chi connectivity index (χ1v) is 4.96. The van der Waals surface area contributed by atoms with Gasteiger partial charge < -0.3 is 10.3 Å². The van der Waals surface area contributed by atoms with Crippen molar-refractivity contribution in [2.75, 3.05) is 32.7 Å². The number of hydrogen-bond acceptors (Lipinski definition) is 3. The predicted octanol–water partition coefficient (Wildman–Crippen LogP) is 0.524. The molecule has 1 saturated heterocycles. The Balaban J connectivity index is 0.00000112. The molecule has 1 fully saturated rings. The third-order valence-electron chi connectivity index (χ3n) is 2.48. The van der Waals surface area contributed by atoms with Crippen LogP contribution in [-0.2, 0) is 0 Å². The van der Waals surface area contributed by atoms with Gasteiger partial charge in [-0.1, -0.05) is 0 Å². The second-order valence-electron chi connectivity index (χ2n) is 3.53. The molecular formula is C10H16ClN3O. The van der Waals surface area contributed by atoms with Crippen molar-refractivity contribution in [1.29, 1.82) is 0 Å². The van der Waals surface area contributed by atoms with Crippen LogP contribution < -0.4 is 5.32 Å². The molecular weight excluding hydrogens is 214 g/mol. The first-order chi connectivity index (χ1) is 6.86. The van der Waals surface area contributed by atoms with Crippen molar-refractivity contribution in [1.82, 2.24) is 15.2 Å². The molecule has 0 bridgehead atoms. The van der Waals surface area contributed by atoms with Crippen LogP contribution in [-0.4, -0.2) is 48.4 Å². The van der Waals surface area contributed by atoms with Gasteiger partial charge >= 0.3 is 0 Å². The molecule has 0 atom stereocenters. The Labute approximate surface area is 95.4 Å². The number of hydrogen-bond donors (Lipinski definition) is 2. The molecule has 1 aromatic rings. The minimum Gasteiger partial charge on any atom is -0.359 e. The lowest BCUT2D eigenvalue weighted by atomic mass is 10.2. The van der Waals surface area contributed by atoms with Crippen molar-refractivity contribution < 1.29 is 4.79 Å². The summed E-state index contributed by atoms with van der Waals surface area (Å²) in [5.41, 5.74) is 0.712. The summed E-state index contributed by atoms with van der Waals surface area (Å²) in [5, 5.41) is 3.26. The highest BCUT2D eigenvalue weighted by molar-refractivity contribution is 5.95. The SMILES string of the molecule is Cl.O=C(CN1CCNCC1)c1ccc[nH]1. The van der Waals surface area contributed by atoms with E-state index < -0.39 is 0 Å². The number of carbonyl (C=O) groups is 1. The standard InChI is InChI=1S/C10H15N3O.ClH/c14-10(9-2-1-3-12-9)8-13-6-4-11-5-7-13;/h1-3,11-12H,4-8H2;1H. The van der Waals surface area contributed by atoms with E-state index >= 15 is 0 Å². The Morgan fingerprint density at radius 3 is 2.73 bits per heavy atom. The minimum atomic E-state index is 0. The third kappa shape index (κ3) is 3.34.